The number of benzene rings is 2. The highest BCUT2D eigenvalue weighted by Gasteiger charge is 2.03. The molecule has 0 aromatic heterocycles. The summed E-state index contributed by atoms with van der Waals surface area (Å²) in [6.45, 7) is 1.98. The number of nitrogens with one attached hydrogen (secondary N) is 1. The van der Waals surface area contributed by atoms with Crippen LogP contribution in [-0.4, -0.2) is 6.04 Å². The molecule has 2 aromatic carbocycles. The fourth-order valence-corrected chi connectivity index (χ4v) is 1.67. The highest BCUT2D eigenvalue weighted by molar-refractivity contribution is 5.48. The van der Waals surface area contributed by atoms with Crippen molar-refractivity contribution in [3.8, 4) is 17.6 Å². The minimum Gasteiger partial charge on any atom is -0.457 e. The van der Waals surface area contributed by atoms with E-state index in [4.69, 9.17) is 10.00 Å². The van der Waals surface area contributed by atoms with Crippen molar-refractivity contribution >= 4 is 5.69 Å². The first-order valence-corrected chi connectivity index (χ1v) is 6.31. The van der Waals surface area contributed by atoms with Crippen LogP contribution in [0.2, 0.25) is 0 Å². The first-order valence-electron chi connectivity index (χ1n) is 6.31. The zero-order valence-electron chi connectivity index (χ0n) is 10.8. The largest absolute Gasteiger partial charge is 0.457 e. The fourth-order valence-electron chi connectivity index (χ4n) is 1.67. The molecule has 3 heteroatoms. The summed E-state index contributed by atoms with van der Waals surface area (Å²) in [5.41, 5.74) is 0.925. The number of nitriles is 1. The summed E-state index contributed by atoms with van der Waals surface area (Å²) in [7, 11) is 0. The molecule has 0 bridgehead atoms. The van der Waals surface area contributed by atoms with Crippen LogP contribution in [0.25, 0.3) is 0 Å². The van der Waals surface area contributed by atoms with Crippen LogP contribution in [0.1, 0.15) is 13.3 Å². The van der Waals surface area contributed by atoms with Crippen LogP contribution >= 0.6 is 0 Å². The van der Waals surface area contributed by atoms with Crippen LogP contribution in [-0.2, 0) is 0 Å². The summed E-state index contributed by atoms with van der Waals surface area (Å²) in [6.07, 6.45) is 0.777. The van der Waals surface area contributed by atoms with Gasteiger partial charge >= 0.3 is 0 Å². The lowest BCUT2D eigenvalue weighted by Gasteiger charge is -2.11. The molecule has 2 aromatic rings. The Morgan fingerprint density at radius 2 is 1.68 bits per heavy atom. The zero-order chi connectivity index (χ0) is 13.5. The molecule has 0 radical (unpaired) electrons. The Labute approximate surface area is 113 Å². The Bertz CT molecular complexity index is 543. The van der Waals surface area contributed by atoms with Gasteiger partial charge in [0.05, 0.1) is 6.07 Å². The molecule has 0 aliphatic heterocycles. The van der Waals surface area contributed by atoms with E-state index >= 15 is 0 Å². The van der Waals surface area contributed by atoms with Gasteiger partial charge in [-0.05, 0) is 42.8 Å². The lowest BCUT2D eigenvalue weighted by molar-refractivity contribution is 0.483. The van der Waals surface area contributed by atoms with Crippen LogP contribution in [0, 0.1) is 11.3 Å². The number of anilines is 1. The number of rotatable bonds is 5. The van der Waals surface area contributed by atoms with Crippen molar-refractivity contribution in [3.63, 3.8) is 0 Å². The molecule has 0 saturated carbocycles. The third-order valence-electron chi connectivity index (χ3n) is 2.74. The number of ether oxygens (including phenoxy) is 1. The van der Waals surface area contributed by atoms with Gasteiger partial charge in [0.2, 0.25) is 0 Å². The van der Waals surface area contributed by atoms with Crippen molar-refractivity contribution < 1.29 is 4.74 Å². The second kappa shape index (κ2) is 6.46. The lowest BCUT2D eigenvalue weighted by atomic mass is 10.2. The topological polar surface area (TPSA) is 45.0 Å². The molecule has 0 spiro atoms. The van der Waals surface area contributed by atoms with Crippen molar-refractivity contribution in [2.45, 2.75) is 19.4 Å². The number of hydrogen-bond acceptors (Lipinski definition) is 3. The van der Waals surface area contributed by atoms with E-state index in [9.17, 15) is 0 Å². The zero-order valence-corrected chi connectivity index (χ0v) is 10.8. The van der Waals surface area contributed by atoms with Gasteiger partial charge in [-0.15, -0.1) is 0 Å². The van der Waals surface area contributed by atoms with Crippen LogP contribution in [0.5, 0.6) is 11.5 Å². The molecule has 0 saturated heterocycles. The molecule has 3 nitrogen and oxygen atoms in total. The smallest absolute Gasteiger partial charge is 0.127 e. The van der Waals surface area contributed by atoms with Crippen LogP contribution in [0.15, 0.2) is 54.6 Å². The van der Waals surface area contributed by atoms with Gasteiger partial charge in [0, 0.05) is 5.69 Å². The third kappa shape index (κ3) is 3.75. The van der Waals surface area contributed by atoms with Gasteiger partial charge in [-0.2, -0.15) is 5.26 Å². The Hall–Kier alpha value is -2.47. The molecule has 19 heavy (non-hydrogen) atoms. The van der Waals surface area contributed by atoms with Crippen LogP contribution in [0.3, 0.4) is 0 Å². The SMILES string of the molecule is CCC(C#N)Nc1ccc(Oc2ccccc2)cc1. The van der Waals surface area contributed by atoms with Gasteiger partial charge in [0.25, 0.3) is 0 Å². The van der Waals surface area contributed by atoms with E-state index < -0.39 is 0 Å². The second-order valence-electron chi connectivity index (χ2n) is 4.17. The molecular weight excluding hydrogens is 236 g/mol. The van der Waals surface area contributed by atoms with Crippen molar-refractivity contribution in [2.24, 2.45) is 0 Å². The maximum absolute atomic E-state index is 8.90. The summed E-state index contributed by atoms with van der Waals surface area (Å²) in [5, 5.41) is 12.1. The maximum Gasteiger partial charge on any atom is 0.127 e. The molecule has 1 unspecified atom stereocenters. The van der Waals surface area contributed by atoms with E-state index in [2.05, 4.69) is 11.4 Å². The lowest BCUT2D eigenvalue weighted by Crippen LogP contribution is -2.15. The molecule has 0 aliphatic carbocycles. The normalized spacial score (nSPS) is 11.4. The Balaban J connectivity index is 2.01. The monoisotopic (exact) mass is 252 g/mol. The Morgan fingerprint density at radius 3 is 2.26 bits per heavy atom. The summed E-state index contributed by atoms with van der Waals surface area (Å²) in [5.74, 6) is 1.59. The van der Waals surface area contributed by atoms with E-state index in [1.165, 1.54) is 0 Å². The molecule has 96 valence electrons. The maximum atomic E-state index is 8.90. The minimum atomic E-state index is -0.152. The molecule has 1 atom stereocenters. The standard InChI is InChI=1S/C16H16N2O/c1-2-13(12-17)18-14-8-10-16(11-9-14)19-15-6-4-3-5-7-15/h3-11,13,18H,2H2,1H3. The number of nitrogens with zero attached hydrogens (tertiary/aromatic N) is 1. The van der Waals surface area contributed by atoms with E-state index in [1.807, 2.05) is 61.5 Å². The average Bonchev–Trinajstić information content (AvgIpc) is 2.47. The predicted octanol–water partition coefficient (Wildman–Crippen LogP) is 4.19. The minimum absolute atomic E-state index is 0.152. The van der Waals surface area contributed by atoms with Crippen LogP contribution in [0.4, 0.5) is 5.69 Å². The third-order valence-corrected chi connectivity index (χ3v) is 2.74. The van der Waals surface area contributed by atoms with Crippen molar-refractivity contribution in [1.29, 1.82) is 5.26 Å². The number of para-hydroxylation sites is 1. The van der Waals surface area contributed by atoms with Gasteiger partial charge in [-0.1, -0.05) is 25.1 Å². The Morgan fingerprint density at radius 1 is 1.05 bits per heavy atom. The van der Waals surface area contributed by atoms with Gasteiger partial charge in [-0.25, -0.2) is 0 Å². The predicted molar refractivity (Wildman–Crippen MR) is 76.3 cm³/mol. The Kier molecular flexibility index (Phi) is 4.41. The average molecular weight is 252 g/mol. The van der Waals surface area contributed by atoms with Gasteiger partial charge in [0.15, 0.2) is 0 Å². The van der Waals surface area contributed by atoms with Gasteiger partial charge in [0.1, 0.15) is 17.5 Å². The number of hydrogen-bond donors (Lipinski definition) is 1. The molecule has 0 amide bonds. The molecule has 0 aliphatic rings. The highest BCUT2D eigenvalue weighted by atomic mass is 16.5. The van der Waals surface area contributed by atoms with Crippen LogP contribution < -0.4 is 10.1 Å². The molecule has 2 rings (SSSR count). The van der Waals surface area contributed by atoms with E-state index in [0.29, 0.717) is 0 Å². The first-order chi connectivity index (χ1) is 9.31. The highest BCUT2D eigenvalue weighted by Crippen LogP contribution is 2.22. The summed E-state index contributed by atoms with van der Waals surface area (Å²) >= 11 is 0. The second-order valence-corrected chi connectivity index (χ2v) is 4.17. The summed E-state index contributed by atoms with van der Waals surface area (Å²) < 4.78 is 5.70. The molecule has 0 fully saturated rings. The van der Waals surface area contributed by atoms with Gasteiger partial charge in [-0.3, -0.25) is 0 Å². The first kappa shape index (κ1) is 13.0. The fraction of sp³-hybridized carbons (Fsp3) is 0.188. The van der Waals surface area contributed by atoms with Crippen molar-refractivity contribution in [1.82, 2.24) is 0 Å². The molecule has 0 heterocycles. The van der Waals surface area contributed by atoms with Gasteiger partial charge < -0.3 is 10.1 Å². The van der Waals surface area contributed by atoms with Crippen molar-refractivity contribution in [2.75, 3.05) is 5.32 Å². The summed E-state index contributed by atoms with van der Waals surface area (Å²) in [6, 6.07) is 19.3. The van der Waals surface area contributed by atoms with E-state index in [-0.39, 0.29) is 6.04 Å². The van der Waals surface area contributed by atoms with E-state index in [1.54, 1.807) is 0 Å². The quantitative estimate of drug-likeness (QED) is 0.867. The molecular formula is C16H16N2O. The molecule has 1 N–H and O–H groups in total. The summed E-state index contributed by atoms with van der Waals surface area (Å²) in [4.78, 5) is 0. The van der Waals surface area contributed by atoms with Crippen molar-refractivity contribution in [3.05, 3.63) is 54.6 Å². The van der Waals surface area contributed by atoms with E-state index in [0.717, 1.165) is 23.6 Å².